The summed E-state index contributed by atoms with van der Waals surface area (Å²) in [5, 5.41) is 12.4. The molecule has 2 rings (SSSR count). The second-order valence-electron chi connectivity index (χ2n) is 5.92. The molecule has 2 aliphatic rings. The minimum Gasteiger partial charge on any atom is -0.478 e. The van der Waals surface area contributed by atoms with E-state index in [0.717, 1.165) is 17.8 Å². The van der Waals surface area contributed by atoms with Gasteiger partial charge in [-0.05, 0) is 50.4 Å². The monoisotopic (exact) mass is 251 g/mol. The van der Waals surface area contributed by atoms with Crippen molar-refractivity contribution in [2.24, 2.45) is 17.8 Å². The van der Waals surface area contributed by atoms with Gasteiger partial charge in [0.1, 0.15) is 0 Å². The van der Waals surface area contributed by atoms with Crippen molar-refractivity contribution >= 4 is 5.97 Å². The molecule has 0 saturated heterocycles. The normalized spacial score (nSPS) is 32.8. The van der Waals surface area contributed by atoms with Crippen molar-refractivity contribution in [3.8, 4) is 0 Å². The molecular formula is C15H25NO2. The first-order chi connectivity index (χ1) is 8.61. The van der Waals surface area contributed by atoms with Gasteiger partial charge in [-0.15, -0.1) is 0 Å². The number of hydrogen-bond donors (Lipinski definition) is 2. The van der Waals surface area contributed by atoms with Crippen LogP contribution in [0.25, 0.3) is 0 Å². The van der Waals surface area contributed by atoms with Crippen molar-refractivity contribution in [3.63, 3.8) is 0 Å². The minimum atomic E-state index is -0.785. The zero-order valence-electron chi connectivity index (χ0n) is 11.5. The SMILES string of the molecule is CCC(=CCNC(C)C1CC2CCC1C2)C(=O)O. The topological polar surface area (TPSA) is 49.3 Å². The fourth-order valence-corrected chi connectivity index (χ4v) is 3.81. The van der Waals surface area contributed by atoms with E-state index in [2.05, 4.69) is 12.2 Å². The highest BCUT2D eigenvalue weighted by atomic mass is 16.4. The average Bonchev–Trinajstić information content (AvgIpc) is 2.95. The van der Waals surface area contributed by atoms with E-state index >= 15 is 0 Å². The third-order valence-electron chi connectivity index (χ3n) is 4.88. The summed E-state index contributed by atoms with van der Waals surface area (Å²) in [6, 6.07) is 0.517. The highest BCUT2D eigenvalue weighted by Crippen LogP contribution is 2.49. The van der Waals surface area contributed by atoms with E-state index in [1.165, 1.54) is 25.7 Å². The Morgan fingerprint density at radius 2 is 2.22 bits per heavy atom. The molecule has 0 radical (unpaired) electrons. The van der Waals surface area contributed by atoms with Gasteiger partial charge in [-0.1, -0.05) is 19.4 Å². The van der Waals surface area contributed by atoms with Crippen LogP contribution in [0.2, 0.25) is 0 Å². The van der Waals surface area contributed by atoms with E-state index in [4.69, 9.17) is 5.11 Å². The van der Waals surface area contributed by atoms with Gasteiger partial charge >= 0.3 is 5.97 Å². The number of aliphatic carboxylic acids is 1. The highest BCUT2D eigenvalue weighted by Gasteiger charge is 2.41. The molecule has 102 valence electrons. The lowest BCUT2D eigenvalue weighted by molar-refractivity contribution is -0.132. The molecule has 0 amide bonds. The van der Waals surface area contributed by atoms with Crippen molar-refractivity contribution in [3.05, 3.63) is 11.6 Å². The number of fused-ring (bicyclic) bond motifs is 2. The molecule has 2 bridgehead atoms. The smallest absolute Gasteiger partial charge is 0.331 e. The fourth-order valence-electron chi connectivity index (χ4n) is 3.81. The van der Waals surface area contributed by atoms with E-state index in [-0.39, 0.29) is 0 Å². The Hall–Kier alpha value is -0.830. The van der Waals surface area contributed by atoms with Gasteiger partial charge in [-0.3, -0.25) is 0 Å². The first-order valence-electron chi connectivity index (χ1n) is 7.27. The maximum atomic E-state index is 10.9. The third-order valence-corrected chi connectivity index (χ3v) is 4.88. The van der Waals surface area contributed by atoms with Crippen LogP contribution < -0.4 is 5.32 Å². The Kier molecular flexibility index (Phi) is 4.44. The molecule has 2 aliphatic carbocycles. The molecule has 0 aromatic carbocycles. The highest BCUT2D eigenvalue weighted by molar-refractivity contribution is 5.86. The van der Waals surface area contributed by atoms with Gasteiger partial charge in [-0.25, -0.2) is 4.79 Å². The summed E-state index contributed by atoms with van der Waals surface area (Å²) in [6.07, 6.45) is 8.08. The Labute approximate surface area is 110 Å². The summed E-state index contributed by atoms with van der Waals surface area (Å²) in [5.41, 5.74) is 0.516. The lowest BCUT2D eigenvalue weighted by Gasteiger charge is -2.28. The Balaban J connectivity index is 1.78. The maximum absolute atomic E-state index is 10.9. The molecule has 2 saturated carbocycles. The second-order valence-corrected chi connectivity index (χ2v) is 5.92. The van der Waals surface area contributed by atoms with Crippen LogP contribution in [0.15, 0.2) is 11.6 Å². The van der Waals surface area contributed by atoms with Crippen LogP contribution >= 0.6 is 0 Å². The summed E-state index contributed by atoms with van der Waals surface area (Å²) in [4.78, 5) is 10.9. The second kappa shape index (κ2) is 5.87. The predicted molar refractivity (Wildman–Crippen MR) is 72.4 cm³/mol. The van der Waals surface area contributed by atoms with Crippen molar-refractivity contribution in [2.45, 2.75) is 52.0 Å². The van der Waals surface area contributed by atoms with E-state index in [1.807, 2.05) is 13.0 Å². The van der Waals surface area contributed by atoms with Crippen LogP contribution in [0.5, 0.6) is 0 Å². The summed E-state index contributed by atoms with van der Waals surface area (Å²) >= 11 is 0. The number of rotatable bonds is 6. The maximum Gasteiger partial charge on any atom is 0.331 e. The van der Waals surface area contributed by atoms with Gasteiger partial charge in [0.2, 0.25) is 0 Å². The standard InChI is InChI=1S/C15H25NO2/c1-3-12(15(17)18)6-7-16-10(2)14-9-11-4-5-13(14)8-11/h6,10-11,13-14,16H,3-5,7-9H2,1-2H3,(H,17,18). The molecule has 4 atom stereocenters. The lowest BCUT2D eigenvalue weighted by atomic mass is 9.84. The van der Waals surface area contributed by atoms with Crippen LogP contribution in [0.3, 0.4) is 0 Å². The molecule has 0 spiro atoms. The van der Waals surface area contributed by atoms with Crippen LogP contribution in [0.1, 0.15) is 46.0 Å². The molecule has 2 fully saturated rings. The molecule has 0 heterocycles. The molecule has 0 aromatic heterocycles. The molecule has 4 unspecified atom stereocenters. The minimum absolute atomic E-state index is 0.516. The summed E-state index contributed by atoms with van der Waals surface area (Å²) in [6.45, 7) is 4.83. The molecular weight excluding hydrogens is 226 g/mol. The summed E-state index contributed by atoms with van der Waals surface area (Å²) < 4.78 is 0. The number of carbonyl (C=O) groups is 1. The van der Waals surface area contributed by atoms with Gasteiger partial charge in [0.05, 0.1) is 0 Å². The van der Waals surface area contributed by atoms with Gasteiger partial charge < -0.3 is 10.4 Å². The van der Waals surface area contributed by atoms with Crippen molar-refractivity contribution in [2.75, 3.05) is 6.54 Å². The fraction of sp³-hybridized carbons (Fsp3) is 0.800. The van der Waals surface area contributed by atoms with E-state index in [1.54, 1.807) is 0 Å². The zero-order valence-corrected chi connectivity index (χ0v) is 11.5. The zero-order chi connectivity index (χ0) is 13.1. The van der Waals surface area contributed by atoms with E-state index in [9.17, 15) is 4.79 Å². The average molecular weight is 251 g/mol. The van der Waals surface area contributed by atoms with Crippen LogP contribution in [0, 0.1) is 17.8 Å². The van der Waals surface area contributed by atoms with Gasteiger partial charge in [0, 0.05) is 18.2 Å². The number of nitrogens with one attached hydrogen (secondary N) is 1. The predicted octanol–water partition coefficient (Wildman–Crippen LogP) is 2.82. The van der Waals surface area contributed by atoms with Crippen molar-refractivity contribution in [1.82, 2.24) is 5.32 Å². The number of hydrogen-bond acceptors (Lipinski definition) is 2. The van der Waals surface area contributed by atoms with Gasteiger partial charge in [0.25, 0.3) is 0 Å². The van der Waals surface area contributed by atoms with Gasteiger partial charge in [0.15, 0.2) is 0 Å². The quantitative estimate of drug-likeness (QED) is 0.714. The largest absolute Gasteiger partial charge is 0.478 e. The van der Waals surface area contributed by atoms with Gasteiger partial charge in [-0.2, -0.15) is 0 Å². The lowest BCUT2D eigenvalue weighted by Crippen LogP contribution is -2.36. The molecule has 3 heteroatoms. The molecule has 0 aliphatic heterocycles. The van der Waals surface area contributed by atoms with Crippen molar-refractivity contribution in [1.29, 1.82) is 0 Å². The Bertz CT molecular complexity index is 337. The third kappa shape index (κ3) is 2.94. The van der Waals surface area contributed by atoms with Crippen LogP contribution in [-0.2, 0) is 4.79 Å². The van der Waals surface area contributed by atoms with Crippen LogP contribution in [0.4, 0.5) is 0 Å². The molecule has 2 N–H and O–H groups in total. The summed E-state index contributed by atoms with van der Waals surface area (Å²) in [7, 11) is 0. The Morgan fingerprint density at radius 1 is 1.44 bits per heavy atom. The first kappa shape index (κ1) is 13.6. The molecule has 3 nitrogen and oxygen atoms in total. The Morgan fingerprint density at radius 3 is 2.72 bits per heavy atom. The van der Waals surface area contributed by atoms with E-state index in [0.29, 0.717) is 24.6 Å². The van der Waals surface area contributed by atoms with E-state index < -0.39 is 5.97 Å². The van der Waals surface area contributed by atoms with Crippen molar-refractivity contribution < 1.29 is 9.90 Å². The molecule has 0 aromatic rings. The summed E-state index contributed by atoms with van der Waals surface area (Å²) in [5.74, 6) is 1.93. The first-order valence-corrected chi connectivity index (χ1v) is 7.27. The number of carboxylic acid groups (broad SMARTS) is 1. The molecule has 18 heavy (non-hydrogen) atoms. The number of carboxylic acids is 1. The van der Waals surface area contributed by atoms with Crippen LogP contribution in [-0.4, -0.2) is 23.7 Å².